The van der Waals surface area contributed by atoms with Gasteiger partial charge < -0.3 is 20.5 Å². The van der Waals surface area contributed by atoms with Crippen molar-refractivity contribution in [3.8, 4) is 0 Å². The van der Waals surface area contributed by atoms with Crippen LogP contribution in [0.15, 0.2) is 0 Å². The summed E-state index contributed by atoms with van der Waals surface area (Å²) in [5.41, 5.74) is 5.58. The van der Waals surface area contributed by atoms with Crippen LogP contribution in [0.4, 0.5) is 0 Å². The van der Waals surface area contributed by atoms with Crippen LogP contribution in [0.1, 0.15) is 19.8 Å². The van der Waals surface area contributed by atoms with Crippen molar-refractivity contribution in [1.29, 1.82) is 0 Å². The summed E-state index contributed by atoms with van der Waals surface area (Å²) in [4.78, 5) is 0. The highest BCUT2D eigenvalue weighted by atomic mass is 16.7. The van der Waals surface area contributed by atoms with Gasteiger partial charge in [-0.05, 0) is 6.42 Å². The van der Waals surface area contributed by atoms with Crippen LogP contribution in [0.2, 0.25) is 0 Å². The molecule has 3 N–H and O–H groups in total. The predicted octanol–water partition coefficient (Wildman–Crippen LogP) is -0.171. The monoisotopic (exact) mass is 186 g/mol. The third-order valence-corrected chi connectivity index (χ3v) is 2.87. The average Bonchev–Trinajstić information content (AvgIpc) is 2.74. The number of nitrogens with two attached hydrogens (primary N) is 1. The van der Waals surface area contributed by atoms with Gasteiger partial charge in [-0.25, -0.2) is 0 Å². The molecule has 1 spiro atoms. The molecule has 2 rings (SSSR count). The second-order valence-electron chi connectivity index (χ2n) is 3.89. The number of hydrogen-bond acceptors (Lipinski definition) is 4. The molecular weight excluding hydrogens is 168 g/mol. The summed E-state index contributed by atoms with van der Waals surface area (Å²) >= 11 is 0. The number of ether oxygens (including phenoxy) is 2. The maximum absolute atomic E-state index is 5.85. The van der Waals surface area contributed by atoms with Crippen LogP contribution in [-0.2, 0) is 9.47 Å². The van der Waals surface area contributed by atoms with E-state index in [9.17, 15) is 0 Å². The summed E-state index contributed by atoms with van der Waals surface area (Å²) in [6.45, 7) is 4.29. The van der Waals surface area contributed by atoms with Crippen LogP contribution in [-0.4, -0.2) is 37.6 Å². The molecule has 3 atom stereocenters. The Bertz CT molecular complexity index is 166. The van der Waals surface area contributed by atoms with Gasteiger partial charge in [0, 0.05) is 19.0 Å². The van der Waals surface area contributed by atoms with Crippen molar-refractivity contribution < 1.29 is 9.47 Å². The summed E-state index contributed by atoms with van der Waals surface area (Å²) in [6, 6.07) is 0.357. The Morgan fingerprint density at radius 2 is 2.46 bits per heavy atom. The van der Waals surface area contributed by atoms with Crippen molar-refractivity contribution in [2.75, 3.05) is 19.7 Å². The number of nitrogens with one attached hydrogen (secondary N) is 1. The first-order valence-electron chi connectivity index (χ1n) is 5.03. The molecule has 2 fully saturated rings. The van der Waals surface area contributed by atoms with E-state index in [1.807, 2.05) is 0 Å². The fourth-order valence-corrected chi connectivity index (χ4v) is 2.00. The molecule has 3 unspecified atom stereocenters. The van der Waals surface area contributed by atoms with E-state index in [1.54, 1.807) is 0 Å². The maximum Gasteiger partial charge on any atom is 0.182 e. The lowest BCUT2D eigenvalue weighted by molar-refractivity contribution is -0.152. The lowest BCUT2D eigenvalue weighted by atomic mass is 10.1. The lowest BCUT2D eigenvalue weighted by Crippen LogP contribution is -2.33. The van der Waals surface area contributed by atoms with E-state index in [-0.39, 0.29) is 11.9 Å². The van der Waals surface area contributed by atoms with Gasteiger partial charge in [-0.3, -0.25) is 0 Å². The molecule has 4 heteroatoms. The summed E-state index contributed by atoms with van der Waals surface area (Å²) < 4.78 is 11.5. The highest BCUT2D eigenvalue weighted by molar-refractivity contribution is 4.93. The Balaban J connectivity index is 1.93. The Morgan fingerprint density at radius 3 is 3.00 bits per heavy atom. The van der Waals surface area contributed by atoms with E-state index in [0.717, 1.165) is 26.0 Å². The van der Waals surface area contributed by atoms with Crippen molar-refractivity contribution in [3.63, 3.8) is 0 Å². The molecule has 2 aliphatic rings. The summed E-state index contributed by atoms with van der Waals surface area (Å²) in [5, 5.41) is 3.31. The van der Waals surface area contributed by atoms with E-state index in [2.05, 4.69) is 12.2 Å². The normalized spacial score (nSPS) is 44.8. The Kier molecular flexibility index (Phi) is 2.55. The number of rotatable bonds is 2. The molecule has 2 heterocycles. The van der Waals surface area contributed by atoms with Crippen molar-refractivity contribution in [3.05, 3.63) is 0 Å². The highest BCUT2D eigenvalue weighted by Crippen LogP contribution is 2.32. The fourth-order valence-electron chi connectivity index (χ4n) is 2.00. The van der Waals surface area contributed by atoms with Crippen LogP contribution in [0.3, 0.4) is 0 Å². The molecule has 0 saturated carbocycles. The molecule has 0 radical (unpaired) electrons. The standard InChI is InChI=1S/C9H18N2O2/c1-2-8-5-12-9(13-8)3-7(4-10)11-6-9/h7-8,11H,2-6,10H2,1H3. The second kappa shape index (κ2) is 3.53. The van der Waals surface area contributed by atoms with Crippen LogP contribution in [0, 0.1) is 0 Å². The van der Waals surface area contributed by atoms with Gasteiger partial charge in [0.05, 0.1) is 19.3 Å². The third-order valence-electron chi connectivity index (χ3n) is 2.87. The molecule has 0 amide bonds. The maximum atomic E-state index is 5.85. The highest BCUT2D eigenvalue weighted by Gasteiger charge is 2.46. The molecule has 0 aromatic heterocycles. The van der Waals surface area contributed by atoms with E-state index in [4.69, 9.17) is 15.2 Å². The SMILES string of the molecule is CCC1COC2(CNC(CN)C2)O1. The third kappa shape index (κ3) is 1.72. The Labute approximate surface area is 78.8 Å². The van der Waals surface area contributed by atoms with E-state index < -0.39 is 0 Å². The molecule has 76 valence electrons. The minimum atomic E-state index is -0.356. The zero-order chi connectivity index (χ0) is 9.31. The fraction of sp³-hybridized carbons (Fsp3) is 1.00. The first kappa shape index (κ1) is 9.40. The summed E-state index contributed by atoms with van der Waals surface area (Å²) in [6.07, 6.45) is 2.19. The molecule has 0 aromatic rings. The summed E-state index contributed by atoms with van der Waals surface area (Å²) in [5.74, 6) is -0.356. The van der Waals surface area contributed by atoms with Gasteiger partial charge in [0.1, 0.15) is 0 Å². The van der Waals surface area contributed by atoms with Crippen LogP contribution >= 0.6 is 0 Å². The molecule has 0 bridgehead atoms. The van der Waals surface area contributed by atoms with Crippen molar-refractivity contribution in [1.82, 2.24) is 5.32 Å². The largest absolute Gasteiger partial charge is 0.346 e. The average molecular weight is 186 g/mol. The van der Waals surface area contributed by atoms with Gasteiger partial charge in [0.25, 0.3) is 0 Å². The van der Waals surface area contributed by atoms with E-state index >= 15 is 0 Å². The predicted molar refractivity (Wildman–Crippen MR) is 49.3 cm³/mol. The first-order valence-corrected chi connectivity index (χ1v) is 5.03. The smallest absolute Gasteiger partial charge is 0.182 e. The Morgan fingerprint density at radius 1 is 1.62 bits per heavy atom. The van der Waals surface area contributed by atoms with Crippen LogP contribution in [0.25, 0.3) is 0 Å². The molecule has 4 nitrogen and oxygen atoms in total. The van der Waals surface area contributed by atoms with Gasteiger partial charge in [-0.1, -0.05) is 6.92 Å². The van der Waals surface area contributed by atoms with Crippen LogP contribution < -0.4 is 11.1 Å². The summed E-state index contributed by atoms with van der Waals surface area (Å²) in [7, 11) is 0. The molecule has 2 saturated heterocycles. The van der Waals surface area contributed by atoms with Crippen molar-refractivity contribution in [2.45, 2.75) is 37.7 Å². The van der Waals surface area contributed by atoms with Gasteiger partial charge in [-0.2, -0.15) is 0 Å². The van der Waals surface area contributed by atoms with Gasteiger partial charge >= 0.3 is 0 Å². The van der Waals surface area contributed by atoms with Crippen molar-refractivity contribution in [2.24, 2.45) is 5.73 Å². The van der Waals surface area contributed by atoms with Crippen molar-refractivity contribution >= 4 is 0 Å². The van der Waals surface area contributed by atoms with E-state index in [1.165, 1.54) is 0 Å². The van der Waals surface area contributed by atoms with Gasteiger partial charge in [0.15, 0.2) is 5.79 Å². The molecule has 2 aliphatic heterocycles. The Hall–Kier alpha value is -0.160. The zero-order valence-corrected chi connectivity index (χ0v) is 8.08. The number of hydrogen-bond donors (Lipinski definition) is 2. The minimum absolute atomic E-state index is 0.276. The first-order chi connectivity index (χ1) is 6.28. The van der Waals surface area contributed by atoms with E-state index in [0.29, 0.717) is 12.6 Å². The van der Waals surface area contributed by atoms with Gasteiger partial charge in [0.2, 0.25) is 0 Å². The molecule has 0 aliphatic carbocycles. The molecule has 13 heavy (non-hydrogen) atoms. The topological polar surface area (TPSA) is 56.5 Å². The molecule has 0 aromatic carbocycles. The second-order valence-corrected chi connectivity index (χ2v) is 3.89. The van der Waals surface area contributed by atoms with Gasteiger partial charge in [-0.15, -0.1) is 0 Å². The zero-order valence-electron chi connectivity index (χ0n) is 8.08. The lowest BCUT2D eigenvalue weighted by Gasteiger charge is -2.21. The quantitative estimate of drug-likeness (QED) is 0.628. The molecular formula is C9H18N2O2. The minimum Gasteiger partial charge on any atom is -0.346 e. The van der Waals surface area contributed by atoms with Crippen LogP contribution in [0.5, 0.6) is 0 Å².